The van der Waals surface area contributed by atoms with E-state index in [2.05, 4.69) is 10.1 Å². The van der Waals surface area contributed by atoms with E-state index in [1.54, 1.807) is 18.2 Å². The fourth-order valence-electron chi connectivity index (χ4n) is 2.24. The summed E-state index contributed by atoms with van der Waals surface area (Å²) in [5.41, 5.74) is 0.209. The molecule has 7 heteroatoms. The molecule has 2 aromatic rings. The highest BCUT2D eigenvalue weighted by Gasteiger charge is 2.11. The van der Waals surface area contributed by atoms with E-state index in [1.165, 1.54) is 12.1 Å². The minimum absolute atomic E-state index is 0.0715. The van der Waals surface area contributed by atoms with Crippen molar-refractivity contribution in [1.82, 2.24) is 0 Å². The minimum atomic E-state index is -2.95. The molecule has 1 N–H and O–H groups in total. The number of carbonyl (C=O) groups is 1. The molecule has 0 atom stereocenters. The van der Waals surface area contributed by atoms with Crippen LogP contribution in [-0.4, -0.2) is 25.7 Å². The van der Waals surface area contributed by atoms with E-state index in [1.807, 2.05) is 25.1 Å². The highest BCUT2D eigenvalue weighted by atomic mass is 19.3. The van der Waals surface area contributed by atoms with E-state index in [4.69, 9.17) is 9.47 Å². The molecule has 5 nitrogen and oxygen atoms in total. The van der Waals surface area contributed by atoms with Crippen LogP contribution in [-0.2, 0) is 4.79 Å². The molecule has 2 aromatic carbocycles. The molecule has 140 valence electrons. The Kier molecular flexibility index (Phi) is 7.67. The van der Waals surface area contributed by atoms with Gasteiger partial charge in [-0.05, 0) is 37.6 Å². The second kappa shape index (κ2) is 10.2. The maximum absolute atomic E-state index is 12.4. The lowest BCUT2D eigenvalue weighted by Crippen LogP contribution is -2.14. The van der Waals surface area contributed by atoms with Crippen molar-refractivity contribution in [3.8, 4) is 17.2 Å². The smallest absolute Gasteiger partial charge is 0.387 e. The number of rotatable bonds is 10. The normalized spacial score (nSPS) is 10.5. The van der Waals surface area contributed by atoms with Crippen LogP contribution in [0.25, 0.3) is 0 Å². The third kappa shape index (κ3) is 6.23. The van der Waals surface area contributed by atoms with Crippen LogP contribution < -0.4 is 19.5 Å². The lowest BCUT2D eigenvalue weighted by molar-refractivity contribution is -0.116. The molecule has 0 fully saturated rings. The Morgan fingerprint density at radius 3 is 2.27 bits per heavy atom. The van der Waals surface area contributed by atoms with Crippen molar-refractivity contribution in [1.29, 1.82) is 0 Å². The van der Waals surface area contributed by atoms with Crippen molar-refractivity contribution in [2.45, 2.75) is 26.4 Å². The molecule has 0 saturated carbocycles. The van der Waals surface area contributed by atoms with Gasteiger partial charge < -0.3 is 19.5 Å². The molecule has 0 unspecified atom stereocenters. The molecule has 0 spiro atoms. The van der Waals surface area contributed by atoms with E-state index in [-0.39, 0.29) is 23.8 Å². The molecular formula is C19H21F2NO4. The molecule has 0 aliphatic rings. The van der Waals surface area contributed by atoms with Gasteiger partial charge in [0.1, 0.15) is 5.75 Å². The molecule has 0 radical (unpaired) electrons. The number of carbonyl (C=O) groups excluding carboxylic acids is 1. The number of alkyl halides is 2. The summed E-state index contributed by atoms with van der Waals surface area (Å²) in [5.74, 6) is 0.887. The summed E-state index contributed by atoms with van der Waals surface area (Å²) in [5, 5.41) is 2.57. The number of para-hydroxylation sites is 4. The van der Waals surface area contributed by atoms with E-state index >= 15 is 0 Å². The first kappa shape index (κ1) is 19.5. The van der Waals surface area contributed by atoms with Crippen LogP contribution in [0.3, 0.4) is 0 Å². The number of halogens is 2. The molecule has 0 saturated heterocycles. The topological polar surface area (TPSA) is 56.8 Å². The van der Waals surface area contributed by atoms with Crippen LogP contribution in [0.1, 0.15) is 19.8 Å². The maximum atomic E-state index is 12.4. The van der Waals surface area contributed by atoms with Crippen molar-refractivity contribution >= 4 is 11.6 Å². The Hall–Kier alpha value is -2.83. The van der Waals surface area contributed by atoms with Crippen LogP contribution in [0.5, 0.6) is 17.2 Å². The first-order valence-electron chi connectivity index (χ1n) is 8.28. The van der Waals surface area contributed by atoms with Crippen molar-refractivity contribution in [2.24, 2.45) is 0 Å². The minimum Gasteiger partial charge on any atom is -0.490 e. The SMILES string of the molecule is CCOc1ccccc1OCCCC(=O)Nc1ccccc1OC(F)F. The van der Waals surface area contributed by atoms with Gasteiger partial charge in [0.25, 0.3) is 0 Å². The predicted molar refractivity (Wildman–Crippen MR) is 94.0 cm³/mol. The molecule has 0 aromatic heterocycles. The van der Waals surface area contributed by atoms with Crippen LogP contribution >= 0.6 is 0 Å². The van der Waals surface area contributed by atoms with Gasteiger partial charge in [-0.3, -0.25) is 4.79 Å². The number of ether oxygens (including phenoxy) is 3. The second-order valence-electron chi connectivity index (χ2n) is 5.25. The Labute approximate surface area is 150 Å². The molecule has 1 amide bonds. The van der Waals surface area contributed by atoms with E-state index in [9.17, 15) is 13.6 Å². The first-order chi connectivity index (χ1) is 12.6. The summed E-state index contributed by atoms with van der Waals surface area (Å²) < 4.78 is 40.2. The van der Waals surface area contributed by atoms with Gasteiger partial charge in [0.05, 0.1) is 18.9 Å². The average molecular weight is 365 g/mol. The third-order valence-electron chi connectivity index (χ3n) is 3.33. The fourth-order valence-corrected chi connectivity index (χ4v) is 2.24. The molecule has 0 aliphatic carbocycles. The highest BCUT2D eigenvalue weighted by Crippen LogP contribution is 2.27. The first-order valence-corrected chi connectivity index (χ1v) is 8.28. The number of hydrogen-bond donors (Lipinski definition) is 1. The lowest BCUT2D eigenvalue weighted by Gasteiger charge is -2.12. The molecule has 26 heavy (non-hydrogen) atoms. The zero-order valence-electron chi connectivity index (χ0n) is 14.4. The summed E-state index contributed by atoms with van der Waals surface area (Å²) in [6, 6.07) is 13.3. The van der Waals surface area contributed by atoms with Gasteiger partial charge in [-0.2, -0.15) is 8.78 Å². The molecule has 2 rings (SSSR count). The number of anilines is 1. The van der Waals surface area contributed by atoms with Gasteiger partial charge >= 0.3 is 6.61 Å². The molecule has 0 aliphatic heterocycles. The number of benzene rings is 2. The van der Waals surface area contributed by atoms with Gasteiger partial charge in [-0.15, -0.1) is 0 Å². The van der Waals surface area contributed by atoms with Gasteiger partial charge in [-0.25, -0.2) is 0 Å². The zero-order valence-corrected chi connectivity index (χ0v) is 14.4. The monoisotopic (exact) mass is 365 g/mol. The summed E-state index contributed by atoms with van der Waals surface area (Å²) in [6.07, 6.45) is 0.643. The standard InChI is InChI=1S/C19H21F2NO4/c1-2-24-16-10-5-6-11-17(16)25-13-7-12-18(23)22-14-8-3-4-9-15(14)26-19(20)21/h3-6,8-11,19H,2,7,12-13H2,1H3,(H,22,23). The van der Waals surface area contributed by atoms with Gasteiger partial charge in [0, 0.05) is 6.42 Å². The number of hydrogen-bond acceptors (Lipinski definition) is 4. The largest absolute Gasteiger partial charge is 0.490 e. The van der Waals surface area contributed by atoms with Crippen molar-refractivity contribution in [2.75, 3.05) is 18.5 Å². The van der Waals surface area contributed by atoms with E-state index in [0.29, 0.717) is 31.1 Å². The van der Waals surface area contributed by atoms with E-state index < -0.39 is 6.61 Å². The zero-order chi connectivity index (χ0) is 18.8. The predicted octanol–water partition coefficient (Wildman–Crippen LogP) is 4.48. The summed E-state index contributed by atoms with van der Waals surface area (Å²) >= 11 is 0. The van der Waals surface area contributed by atoms with Crippen LogP contribution in [0.4, 0.5) is 14.5 Å². The van der Waals surface area contributed by atoms with Gasteiger partial charge in [0.15, 0.2) is 11.5 Å². The van der Waals surface area contributed by atoms with Crippen molar-refractivity contribution < 1.29 is 27.8 Å². The summed E-state index contributed by atoms with van der Waals surface area (Å²) in [4.78, 5) is 12.0. The average Bonchev–Trinajstić information content (AvgIpc) is 2.61. The Morgan fingerprint density at radius 2 is 1.62 bits per heavy atom. The Morgan fingerprint density at radius 1 is 1.00 bits per heavy atom. The third-order valence-corrected chi connectivity index (χ3v) is 3.33. The summed E-state index contributed by atoms with van der Waals surface area (Å²) in [6.45, 7) is -0.210. The highest BCUT2D eigenvalue weighted by molar-refractivity contribution is 5.92. The van der Waals surface area contributed by atoms with Gasteiger partial charge in [-0.1, -0.05) is 24.3 Å². The molecule has 0 bridgehead atoms. The van der Waals surface area contributed by atoms with Crippen LogP contribution in [0, 0.1) is 0 Å². The number of amides is 1. The van der Waals surface area contributed by atoms with Crippen LogP contribution in [0.15, 0.2) is 48.5 Å². The Balaban J connectivity index is 1.80. The lowest BCUT2D eigenvalue weighted by atomic mass is 10.2. The second-order valence-corrected chi connectivity index (χ2v) is 5.25. The van der Waals surface area contributed by atoms with Gasteiger partial charge in [0.2, 0.25) is 5.91 Å². The molecular weight excluding hydrogens is 344 g/mol. The van der Waals surface area contributed by atoms with Crippen molar-refractivity contribution in [3.63, 3.8) is 0 Å². The maximum Gasteiger partial charge on any atom is 0.387 e. The molecule has 0 heterocycles. The quantitative estimate of drug-likeness (QED) is 0.631. The van der Waals surface area contributed by atoms with Crippen LogP contribution in [0.2, 0.25) is 0 Å². The number of nitrogens with one attached hydrogen (secondary N) is 1. The van der Waals surface area contributed by atoms with Crippen molar-refractivity contribution in [3.05, 3.63) is 48.5 Å². The Bertz CT molecular complexity index is 709. The van der Waals surface area contributed by atoms with E-state index in [0.717, 1.165) is 0 Å². The summed E-state index contributed by atoms with van der Waals surface area (Å²) in [7, 11) is 0. The fraction of sp³-hybridized carbons (Fsp3) is 0.316.